The van der Waals surface area contributed by atoms with Crippen LogP contribution in [0.2, 0.25) is 0 Å². The Morgan fingerprint density at radius 3 is 2.45 bits per heavy atom. The minimum absolute atomic E-state index is 0.0809. The van der Waals surface area contributed by atoms with Crippen LogP contribution in [0.4, 0.5) is 16.2 Å². The van der Waals surface area contributed by atoms with Crippen molar-refractivity contribution in [2.75, 3.05) is 11.1 Å². The van der Waals surface area contributed by atoms with Crippen LogP contribution < -0.4 is 16.4 Å². The number of carbonyl (C=O) groups excluding carboxylic acids is 3. The number of benzene rings is 3. The zero-order chi connectivity index (χ0) is 27.7. The lowest BCUT2D eigenvalue weighted by Crippen LogP contribution is -2.33. The fourth-order valence-electron chi connectivity index (χ4n) is 3.67. The van der Waals surface area contributed by atoms with E-state index in [1.807, 2.05) is 6.92 Å². The minimum Gasteiger partial charge on any atom is -0.506 e. The lowest BCUT2D eigenvalue weighted by atomic mass is 9.92. The van der Waals surface area contributed by atoms with Crippen LogP contribution in [0.25, 0.3) is 0 Å². The van der Waals surface area contributed by atoms with Crippen LogP contribution in [0.15, 0.2) is 87.8 Å². The highest BCUT2D eigenvalue weighted by atomic mass is 79.9. The lowest BCUT2D eigenvalue weighted by Gasteiger charge is -2.25. The van der Waals surface area contributed by atoms with Crippen molar-refractivity contribution in [3.05, 3.63) is 99.0 Å². The number of nitrogen functional groups attached to an aromatic ring is 1. The number of hydrogen-bond acceptors (Lipinski definition) is 6. The molecule has 0 spiro atoms. The van der Waals surface area contributed by atoms with Gasteiger partial charge in [0.2, 0.25) is 5.91 Å². The van der Waals surface area contributed by atoms with E-state index in [2.05, 4.69) is 42.5 Å². The summed E-state index contributed by atoms with van der Waals surface area (Å²) in [5, 5.41) is 15.6. The number of imide groups is 1. The predicted molar refractivity (Wildman–Crippen MR) is 154 cm³/mol. The number of phenolic OH excluding ortho intramolecular Hbond substituents is 1. The van der Waals surface area contributed by atoms with Gasteiger partial charge in [0.15, 0.2) is 0 Å². The van der Waals surface area contributed by atoms with E-state index in [0.29, 0.717) is 44.3 Å². The van der Waals surface area contributed by atoms with Crippen molar-refractivity contribution in [3.8, 4) is 5.75 Å². The standard InChI is InChI=1S/C28H27Br2N3O5/c1-17(9-5-8-14-24(34)32-23-13-7-6-12-22(23)31)26(20-15-19(29)16-21(30)25(20)35)38-28(37)33-27(36)18-10-3-2-4-11-18/h2-4,6-8,10-17,26,35H,5,9,31H2,1H3,(H,32,34)(H,33,36,37)/b14-8+/t17-,26+/m1/s1. The van der Waals surface area contributed by atoms with E-state index in [1.54, 1.807) is 72.8 Å². The molecule has 0 heterocycles. The molecule has 2 atom stereocenters. The number of rotatable bonds is 9. The largest absolute Gasteiger partial charge is 0.506 e. The van der Waals surface area contributed by atoms with Crippen LogP contribution in [0.5, 0.6) is 5.75 Å². The number of phenols is 1. The molecule has 0 aliphatic heterocycles. The van der Waals surface area contributed by atoms with Gasteiger partial charge in [0.25, 0.3) is 5.91 Å². The maximum atomic E-state index is 12.7. The van der Waals surface area contributed by atoms with E-state index in [4.69, 9.17) is 10.5 Å². The summed E-state index contributed by atoms with van der Waals surface area (Å²) >= 11 is 6.71. The summed E-state index contributed by atoms with van der Waals surface area (Å²) in [4.78, 5) is 37.3. The van der Waals surface area contributed by atoms with Crippen molar-refractivity contribution in [2.24, 2.45) is 5.92 Å². The first kappa shape index (κ1) is 28.9. The van der Waals surface area contributed by atoms with Gasteiger partial charge in [-0.25, -0.2) is 4.79 Å². The zero-order valence-corrected chi connectivity index (χ0v) is 23.7. The average molecular weight is 645 g/mol. The summed E-state index contributed by atoms with van der Waals surface area (Å²) in [7, 11) is 0. The molecule has 10 heteroatoms. The Labute approximate surface area is 237 Å². The first-order valence-electron chi connectivity index (χ1n) is 11.7. The van der Waals surface area contributed by atoms with Crippen LogP contribution >= 0.6 is 31.9 Å². The first-order valence-corrected chi connectivity index (χ1v) is 13.3. The van der Waals surface area contributed by atoms with E-state index >= 15 is 0 Å². The predicted octanol–water partition coefficient (Wildman–Crippen LogP) is 6.72. The second-order valence-electron chi connectivity index (χ2n) is 8.51. The molecule has 3 aromatic rings. The minimum atomic E-state index is -0.943. The Balaban J connectivity index is 1.69. The van der Waals surface area contributed by atoms with Gasteiger partial charge in [-0.1, -0.05) is 59.3 Å². The number of anilines is 2. The smallest absolute Gasteiger partial charge is 0.414 e. The summed E-state index contributed by atoms with van der Waals surface area (Å²) in [5.74, 6) is -1.30. The Bertz CT molecular complexity index is 1330. The summed E-state index contributed by atoms with van der Waals surface area (Å²) in [6.45, 7) is 1.85. The topological polar surface area (TPSA) is 131 Å². The summed E-state index contributed by atoms with van der Waals surface area (Å²) < 4.78 is 6.74. The zero-order valence-electron chi connectivity index (χ0n) is 20.5. The molecule has 0 aliphatic carbocycles. The van der Waals surface area contributed by atoms with Crippen LogP contribution in [-0.4, -0.2) is 23.0 Å². The van der Waals surface area contributed by atoms with Gasteiger partial charge < -0.3 is 20.9 Å². The highest BCUT2D eigenvalue weighted by Crippen LogP contribution is 2.40. The monoisotopic (exact) mass is 643 g/mol. The number of ether oxygens (including phenoxy) is 1. The summed E-state index contributed by atoms with van der Waals surface area (Å²) in [5.41, 5.74) is 7.51. The van der Waals surface area contributed by atoms with Crippen molar-refractivity contribution in [1.29, 1.82) is 0 Å². The second-order valence-corrected chi connectivity index (χ2v) is 10.3. The molecule has 0 radical (unpaired) electrons. The van der Waals surface area contributed by atoms with Gasteiger partial charge >= 0.3 is 6.09 Å². The van der Waals surface area contributed by atoms with Gasteiger partial charge in [-0.2, -0.15) is 0 Å². The van der Waals surface area contributed by atoms with Gasteiger partial charge in [0.05, 0.1) is 15.8 Å². The van der Waals surface area contributed by atoms with E-state index < -0.39 is 18.1 Å². The molecule has 0 aromatic heterocycles. The quantitative estimate of drug-likeness (QED) is 0.151. The van der Waals surface area contributed by atoms with Gasteiger partial charge in [-0.05, 0) is 77.2 Å². The number of nitrogens with one attached hydrogen (secondary N) is 2. The Morgan fingerprint density at radius 2 is 1.74 bits per heavy atom. The molecule has 3 rings (SSSR count). The lowest BCUT2D eigenvalue weighted by molar-refractivity contribution is -0.111. The number of nitrogens with two attached hydrogens (primary N) is 1. The maximum Gasteiger partial charge on any atom is 0.414 e. The van der Waals surface area contributed by atoms with E-state index in [0.717, 1.165) is 0 Å². The molecule has 0 saturated carbocycles. The number of para-hydroxylation sites is 2. The third-order valence-electron chi connectivity index (χ3n) is 5.64. The van der Waals surface area contributed by atoms with Gasteiger partial charge in [-0.15, -0.1) is 0 Å². The Morgan fingerprint density at radius 1 is 1.05 bits per heavy atom. The van der Waals surface area contributed by atoms with Crippen molar-refractivity contribution < 1.29 is 24.2 Å². The molecule has 198 valence electrons. The third-order valence-corrected chi connectivity index (χ3v) is 6.71. The van der Waals surface area contributed by atoms with E-state index in [1.165, 1.54) is 6.08 Å². The van der Waals surface area contributed by atoms with Gasteiger partial charge in [0, 0.05) is 15.6 Å². The van der Waals surface area contributed by atoms with Gasteiger partial charge in [-0.3, -0.25) is 14.9 Å². The number of halogens is 2. The fraction of sp³-hybridized carbons (Fsp3) is 0.179. The van der Waals surface area contributed by atoms with Gasteiger partial charge in [0.1, 0.15) is 11.9 Å². The molecule has 3 aromatic carbocycles. The molecular weight excluding hydrogens is 618 g/mol. The Hall–Kier alpha value is -3.63. The molecule has 0 saturated heterocycles. The SMILES string of the molecule is C[C@H](CC/C=C/C(=O)Nc1ccccc1N)[C@H](OC(=O)NC(=O)c1ccccc1)c1cc(Br)cc(Br)c1O. The molecule has 5 N–H and O–H groups in total. The van der Waals surface area contributed by atoms with Crippen molar-refractivity contribution >= 4 is 61.1 Å². The number of amides is 3. The van der Waals surface area contributed by atoms with Crippen molar-refractivity contribution in [3.63, 3.8) is 0 Å². The van der Waals surface area contributed by atoms with Crippen LogP contribution in [0.3, 0.4) is 0 Å². The number of carbonyl (C=O) groups is 3. The summed E-state index contributed by atoms with van der Waals surface area (Å²) in [6.07, 6.45) is 2.27. The third kappa shape index (κ3) is 8.19. The average Bonchev–Trinajstić information content (AvgIpc) is 2.89. The van der Waals surface area contributed by atoms with Crippen LogP contribution in [0, 0.1) is 5.92 Å². The molecule has 8 nitrogen and oxygen atoms in total. The molecule has 0 aliphatic rings. The van der Waals surface area contributed by atoms with Crippen LogP contribution in [0.1, 0.15) is 41.8 Å². The Kier molecular flexibility index (Phi) is 10.5. The van der Waals surface area contributed by atoms with E-state index in [9.17, 15) is 19.5 Å². The first-order chi connectivity index (χ1) is 18.2. The number of aromatic hydroxyl groups is 1. The summed E-state index contributed by atoms with van der Waals surface area (Å²) in [6, 6.07) is 18.6. The molecule has 0 bridgehead atoms. The van der Waals surface area contributed by atoms with Crippen molar-refractivity contribution in [2.45, 2.75) is 25.9 Å². The van der Waals surface area contributed by atoms with Crippen molar-refractivity contribution in [1.82, 2.24) is 5.32 Å². The highest BCUT2D eigenvalue weighted by Gasteiger charge is 2.28. The molecule has 0 unspecified atom stereocenters. The number of alkyl carbamates (subject to hydrolysis) is 1. The number of hydrogen-bond donors (Lipinski definition) is 4. The normalized spacial score (nSPS) is 12.5. The molecule has 3 amide bonds. The molecule has 0 fully saturated rings. The van der Waals surface area contributed by atoms with E-state index in [-0.39, 0.29) is 17.6 Å². The second kappa shape index (κ2) is 13.8. The number of allylic oxidation sites excluding steroid dienone is 1. The van der Waals surface area contributed by atoms with Crippen LogP contribution in [-0.2, 0) is 9.53 Å². The fourth-order valence-corrected chi connectivity index (χ4v) is 4.93. The molecular formula is C28H27Br2N3O5. The maximum absolute atomic E-state index is 12.7. The highest BCUT2D eigenvalue weighted by molar-refractivity contribution is 9.11. The molecule has 38 heavy (non-hydrogen) atoms.